The van der Waals surface area contributed by atoms with Gasteiger partial charge < -0.3 is 9.67 Å². The van der Waals surface area contributed by atoms with Gasteiger partial charge in [0.2, 0.25) is 0 Å². The van der Waals surface area contributed by atoms with E-state index in [1.807, 2.05) is 13.0 Å². The summed E-state index contributed by atoms with van der Waals surface area (Å²) >= 11 is 6.17. The van der Waals surface area contributed by atoms with E-state index in [4.69, 9.17) is 16.7 Å². The number of halogens is 1. The van der Waals surface area contributed by atoms with Gasteiger partial charge in [0.25, 0.3) is 0 Å². The first-order valence-corrected chi connectivity index (χ1v) is 6.32. The predicted molar refractivity (Wildman–Crippen MR) is 72.9 cm³/mol. The number of rotatable bonds is 3. The van der Waals surface area contributed by atoms with Crippen LogP contribution in [0.2, 0.25) is 5.02 Å². The monoisotopic (exact) mass is 251 g/mol. The largest absolute Gasteiger partial charge is 0.395 e. The molecule has 0 aliphatic rings. The van der Waals surface area contributed by atoms with E-state index in [9.17, 15) is 0 Å². The van der Waals surface area contributed by atoms with Gasteiger partial charge in [0.1, 0.15) is 0 Å². The summed E-state index contributed by atoms with van der Waals surface area (Å²) in [7, 11) is 0. The third-order valence-corrected chi connectivity index (χ3v) is 3.56. The number of hydrogen-bond donors (Lipinski definition) is 1. The lowest BCUT2D eigenvalue weighted by atomic mass is 10.0. The van der Waals surface area contributed by atoms with Crippen molar-refractivity contribution in [3.05, 3.63) is 34.5 Å². The molecule has 0 fully saturated rings. The van der Waals surface area contributed by atoms with Crippen molar-refractivity contribution in [1.82, 2.24) is 4.57 Å². The summed E-state index contributed by atoms with van der Waals surface area (Å²) in [5.41, 5.74) is 3.52. The second-order valence-electron chi connectivity index (χ2n) is 4.77. The SMILES string of the molecule is Cc1cc2c(C(C)C)cn(CCO)c2cc1Cl. The van der Waals surface area contributed by atoms with Crippen LogP contribution in [0.3, 0.4) is 0 Å². The molecule has 17 heavy (non-hydrogen) atoms. The second kappa shape index (κ2) is 4.71. The molecule has 0 unspecified atom stereocenters. The van der Waals surface area contributed by atoms with Crippen LogP contribution in [0.1, 0.15) is 30.9 Å². The van der Waals surface area contributed by atoms with Gasteiger partial charge in [-0.05, 0) is 36.1 Å². The van der Waals surface area contributed by atoms with Gasteiger partial charge in [0.15, 0.2) is 0 Å². The average molecular weight is 252 g/mol. The van der Waals surface area contributed by atoms with Crippen LogP contribution < -0.4 is 0 Å². The van der Waals surface area contributed by atoms with E-state index in [-0.39, 0.29) is 6.61 Å². The highest BCUT2D eigenvalue weighted by Crippen LogP contribution is 2.31. The third-order valence-electron chi connectivity index (χ3n) is 3.16. The summed E-state index contributed by atoms with van der Waals surface area (Å²) in [6.07, 6.45) is 2.13. The Hall–Kier alpha value is -0.990. The van der Waals surface area contributed by atoms with Crippen molar-refractivity contribution in [3.8, 4) is 0 Å². The predicted octanol–water partition coefficient (Wildman–Crippen LogP) is 3.72. The van der Waals surface area contributed by atoms with E-state index < -0.39 is 0 Å². The molecule has 0 saturated heterocycles. The van der Waals surface area contributed by atoms with Crippen molar-refractivity contribution in [2.75, 3.05) is 6.61 Å². The van der Waals surface area contributed by atoms with E-state index in [2.05, 4.69) is 30.7 Å². The lowest BCUT2D eigenvalue weighted by Gasteiger charge is -2.05. The molecule has 0 radical (unpaired) electrons. The highest BCUT2D eigenvalue weighted by atomic mass is 35.5. The lowest BCUT2D eigenvalue weighted by molar-refractivity contribution is 0.278. The van der Waals surface area contributed by atoms with Crippen LogP contribution in [0.15, 0.2) is 18.3 Å². The molecule has 0 bridgehead atoms. The summed E-state index contributed by atoms with van der Waals surface area (Å²) in [6.45, 7) is 7.15. The van der Waals surface area contributed by atoms with Crippen molar-refractivity contribution >= 4 is 22.5 Å². The second-order valence-corrected chi connectivity index (χ2v) is 5.18. The lowest BCUT2D eigenvalue weighted by Crippen LogP contribution is -2.00. The molecule has 1 aromatic heterocycles. The summed E-state index contributed by atoms with van der Waals surface area (Å²) in [5, 5.41) is 11.1. The number of fused-ring (bicyclic) bond motifs is 1. The van der Waals surface area contributed by atoms with E-state index in [1.165, 1.54) is 10.9 Å². The van der Waals surface area contributed by atoms with E-state index in [0.29, 0.717) is 12.5 Å². The van der Waals surface area contributed by atoms with Gasteiger partial charge in [-0.15, -0.1) is 0 Å². The Kier molecular flexibility index (Phi) is 3.45. The number of aryl methyl sites for hydroxylation is 1. The van der Waals surface area contributed by atoms with Gasteiger partial charge >= 0.3 is 0 Å². The van der Waals surface area contributed by atoms with Crippen LogP contribution in [0.4, 0.5) is 0 Å². The minimum atomic E-state index is 0.146. The molecule has 0 atom stereocenters. The molecule has 1 heterocycles. The van der Waals surface area contributed by atoms with Crippen molar-refractivity contribution in [1.29, 1.82) is 0 Å². The highest BCUT2D eigenvalue weighted by molar-refractivity contribution is 6.32. The average Bonchev–Trinajstić information content (AvgIpc) is 2.59. The number of aliphatic hydroxyl groups excluding tert-OH is 1. The van der Waals surface area contributed by atoms with E-state index >= 15 is 0 Å². The van der Waals surface area contributed by atoms with Crippen molar-refractivity contribution in [2.45, 2.75) is 33.2 Å². The fraction of sp³-hybridized carbons (Fsp3) is 0.429. The molecule has 2 rings (SSSR count). The van der Waals surface area contributed by atoms with Gasteiger partial charge in [-0.3, -0.25) is 0 Å². The smallest absolute Gasteiger partial charge is 0.0610 e. The van der Waals surface area contributed by atoms with Crippen LogP contribution >= 0.6 is 11.6 Å². The molecule has 92 valence electrons. The molecule has 1 N–H and O–H groups in total. The molecule has 2 aromatic rings. The Balaban J connectivity index is 2.72. The van der Waals surface area contributed by atoms with Crippen molar-refractivity contribution < 1.29 is 5.11 Å². The quantitative estimate of drug-likeness (QED) is 0.884. The molecule has 1 aromatic carbocycles. The van der Waals surface area contributed by atoms with Crippen LogP contribution in [-0.2, 0) is 6.54 Å². The number of benzene rings is 1. The maximum atomic E-state index is 9.10. The first-order valence-electron chi connectivity index (χ1n) is 5.94. The number of aromatic nitrogens is 1. The number of hydrogen-bond acceptors (Lipinski definition) is 1. The first-order chi connectivity index (χ1) is 8.04. The van der Waals surface area contributed by atoms with Crippen molar-refractivity contribution in [3.63, 3.8) is 0 Å². The Morgan fingerprint density at radius 1 is 1.35 bits per heavy atom. The first kappa shape index (κ1) is 12.5. The fourth-order valence-corrected chi connectivity index (χ4v) is 2.36. The third kappa shape index (κ3) is 2.20. The summed E-state index contributed by atoms with van der Waals surface area (Å²) < 4.78 is 2.08. The van der Waals surface area contributed by atoms with Gasteiger partial charge in [-0.1, -0.05) is 25.4 Å². The Labute approximate surface area is 107 Å². The van der Waals surface area contributed by atoms with Gasteiger partial charge in [0.05, 0.1) is 6.61 Å². The zero-order valence-electron chi connectivity index (χ0n) is 10.5. The normalized spacial score (nSPS) is 11.6. The molecule has 2 nitrogen and oxygen atoms in total. The zero-order chi connectivity index (χ0) is 12.6. The Morgan fingerprint density at radius 3 is 2.65 bits per heavy atom. The minimum Gasteiger partial charge on any atom is -0.395 e. The summed E-state index contributed by atoms with van der Waals surface area (Å²) in [5.74, 6) is 0.470. The summed E-state index contributed by atoms with van der Waals surface area (Å²) in [4.78, 5) is 0. The molecule has 0 spiro atoms. The summed E-state index contributed by atoms with van der Waals surface area (Å²) in [6, 6.07) is 4.13. The number of aliphatic hydroxyl groups is 1. The van der Waals surface area contributed by atoms with Crippen LogP contribution in [0.25, 0.3) is 10.9 Å². The topological polar surface area (TPSA) is 25.2 Å². The fourth-order valence-electron chi connectivity index (χ4n) is 2.20. The maximum Gasteiger partial charge on any atom is 0.0610 e. The molecule has 0 amide bonds. The van der Waals surface area contributed by atoms with Gasteiger partial charge in [-0.2, -0.15) is 0 Å². The van der Waals surface area contributed by atoms with Crippen LogP contribution in [-0.4, -0.2) is 16.3 Å². The molecule has 0 aliphatic heterocycles. The Bertz CT molecular complexity index is 543. The Morgan fingerprint density at radius 2 is 2.06 bits per heavy atom. The zero-order valence-corrected chi connectivity index (χ0v) is 11.3. The maximum absolute atomic E-state index is 9.10. The molecule has 3 heteroatoms. The molecule has 0 aliphatic carbocycles. The van der Waals surface area contributed by atoms with Crippen LogP contribution in [0, 0.1) is 6.92 Å². The van der Waals surface area contributed by atoms with E-state index in [1.54, 1.807) is 0 Å². The molecule has 0 saturated carbocycles. The number of nitrogens with zero attached hydrogens (tertiary/aromatic N) is 1. The van der Waals surface area contributed by atoms with E-state index in [0.717, 1.165) is 16.1 Å². The van der Waals surface area contributed by atoms with Gasteiger partial charge in [-0.25, -0.2) is 0 Å². The highest BCUT2D eigenvalue weighted by Gasteiger charge is 2.12. The van der Waals surface area contributed by atoms with Crippen molar-refractivity contribution in [2.24, 2.45) is 0 Å². The van der Waals surface area contributed by atoms with Gasteiger partial charge in [0, 0.05) is 28.7 Å². The minimum absolute atomic E-state index is 0.146. The molecular formula is C14H18ClNO. The standard InChI is InChI=1S/C14H18ClNO/c1-9(2)12-8-16(4-5-17)14-7-13(15)10(3)6-11(12)14/h6-9,17H,4-5H2,1-3H3. The van der Waals surface area contributed by atoms with Crippen LogP contribution in [0.5, 0.6) is 0 Å². The molecular weight excluding hydrogens is 234 g/mol.